The average molecular weight is 385 g/mol. The van der Waals surface area contributed by atoms with Crippen molar-refractivity contribution in [2.45, 2.75) is 39.4 Å². The van der Waals surface area contributed by atoms with Crippen LogP contribution in [0.25, 0.3) is 0 Å². The van der Waals surface area contributed by atoms with Gasteiger partial charge in [-0.15, -0.1) is 0 Å². The number of aliphatic imine (C=N–C) groups is 1. The number of halogens is 1. The lowest BCUT2D eigenvalue weighted by Gasteiger charge is -2.40. The summed E-state index contributed by atoms with van der Waals surface area (Å²) in [6.07, 6.45) is 2.06. The lowest BCUT2D eigenvalue weighted by atomic mass is 10.1. The zero-order valence-corrected chi connectivity index (χ0v) is 16.5. The standard InChI is InChI=1S/C20H24FN5O2/c1-12(2)9-10-24-18(27)16-17(23(4)20(24)28)22-19-25(16)11-13(3)26(19)15-7-5-14(21)6-8-15/h5-8,11-12,16-17H,9-10H2,1-4H3. The van der Waals surface area contributed by atoms with Gasteiger partial charge in [-0.05, 0) is 43.5 Å². The predicted molar refractivity (Wildman–Crippen MR) is 104 cm³/mol. The van der Waals surface area contributed by atoms with Crippen LogP contribution in [0.15, 0.2) is 41.2 Å². The Hall–Kier alpha value is -2.90. The number of urea groups is 1. The first kappa shape index (κ1) is 18.5. The second-order valence-corrected chi connectivity index (χ2v) is 7.84. The number of carbonyl (C=O) groups excluding carboxylic acids is 2. The molecule has 0 saturated carbocycles. The molecule has 28 heavy (non-hydrogen) atoms. The van der Waals surface area contributed by atoms with E-state index in [-0.39, 0.29) is 17.8 Å². The normalized spacial score (nSPS) is 24.1. The van der Waals surface area contributed by atoms with E-state index in [0.717, 1.165) is 17.8 Å². The molecular weight excluding hydrogens is 361 g/mol. The van der Waals surface area contributed by atoms with E-state index in [2.05, 4.69) is 13.8 Å². The van der Waals surface area contributed by atoms with Gasteiger partial charge in [-0.25, -0.2) is 14.2 Å². The van der Waals surface area contributed by atoms with Crippen molar-refractivity contribution in [1.29, 1.82) is 0 Å². The van der Waals surface area contributed by atoms with Crippen LogP contribution in [0.1, 0.15) is 27.2 Å². The van der Waals surface area contributed by atoms with Crippen molar-refractivity contribution in [3.8, 4) is 0 Å². The van der Waals surface area contributed by atoms with Gasteiger partial charge >= 0.3 is 6.03 Å². The molecule has 2 atom stereocenters. The molecule has 0 radical (unpaired) electrons. The molecule has 0 spiro atoms. The van der Waals surface area contributed by atoms with Crippen molar-refractivity contribution < 1.29 is 14.0 Å². The zero-order valence-electron chi connectivity index (χ0n) is 16.5. The summed E-state index contributed by atoms with van der Waals surface area (Å²) in [4.78, 5) is 37.2. The highest BCUT2D eigenvalue weighted by Crippen LogP contribution is 2.36. The van der Waals surface area contributed by atoms with Gasteiger partial charge in [-0.2, -0.15) is 0 Å². The highest BCUT2D eigenvalue weighted by molar-refractivity contribution is 6.09. The van der Waals surface area contributed by atoms with Gasteiger partial charge in [0.05, 0.1) is 0 Å². The van der Waals surface area contributed by atoms with Crippen molar-refractivity contribution >= 4 is 23.6 Å². The first-order chi connectivity index (χ1) is 13.3. The summed E-state index contributed by atoms with van der Waals surface area (Å²) < 4.78 is 13.3. The molecule has 8 heteroatoms. The number of fused-ring (bicyclic) bond motifs is 3. The van der Waals surface area contributed by atoms with Gasteiger partial charge in [0.15, 0.2) is 12.2 Å². The van der Waals surface area contributed by atoms with Crippen LogP contribution >= 0.6 is 0 Å². The molecule has 3 aliphatic heterocycles. The molecule has 7 nitrogen and oxygen atoms in total. The molecular formula is C20H24FN5O2. The van der Waals surface area contributed by atoms with E-state index >= 15 is 0 Å². The van der Waals surface area contributed by atoms with Crippen molar-refractivity contribution in [1.82, 2.24) is 14.7 Å². The minimum absolute atomic E-state index is 0.225. The van der Waals surface area contributed by atoms with E-state index in [0.29, 0.717) is 18.4 Å². The smallest absolute Gasteiger partial charge is 0.302 e. The number of imide groups is 1. The second kappa shape index (κ2) is 6.61. The zero-order chi connectivity index (χ0) is 20.2. The predicted octanol–water partition coefficient (Wildman–Crippen LogP) is 2.81. The van der Waals surface area contributed by atoms with Crippen molar-refractivity contribution in [2.24, 2.45) is 10.9 Å². The lowest BCUT2D eigenvalue weighted by Crippen LogP contribution is -2.64. The largest absolute Gasteiger partial charge is 0.328 e. The third-order valence-corrected chi connectivity index (χ3v) is 5.40. The van der Waals surface area contributed by atoms with Crippen LogP contribution in [-0.2, 0) is 4.79 Å². The summed E-state index contributed by atoms with van der Waals surface area (Å²) in [6.45, 7) is 6.44. The Balaban J connectivity index is 1.66. The van der Waals surface area contributed by atoms with Gasteiger partial charge in [0.2, 0.25) is 5.96 Å². The monoisotopic (exact) mass is 385 g/mol. The number of allylic oxidation sites excluding steroid dienone is 1. The minimum Gasteiger partial charge on any atom is -0.302 e. The maximum Gasteiger partial charge on any atom is 0.328 e. The molecule has 1 fully saturated rings. The van der Waals surface area contributed by atoms with E-state index in [4.69, 9.17) is 4.99 Å². The summed E-state index contributed by atoms with van der Waals surface area (Å²) in [7, 11) is 1.68. The topological polar surface area (TPSA) is 59.5 Å². The van der Waals surface area contributed by atoms with Crippen molar-refractivity contribution in [3.63, 3.8) is 0 Å². The Bertz CT molecular complexity index is 879. The van der Waals surface area contributed by atoms with E-state index in [9.17, 15) is 14.0 Å². The maximum absolute atomic E-state index is 13.3. The maximum atomic E-state index is 13.3. The van der Waals surface area contributed by atoms with Crippen LogP contribution in [0.4, 0.5) is 14.9 Å². The van der Waals surface area contributed by atoms with Crippen LogP contribution in [-0.4, -0.2) is 58.4 Å². The van der Waals surface area contributed by atoms with Gasteiger partial charge in [0.25, 0.3) is 5.91 Å². The number of rotatable bonds is 4. The number of guanidine groups is 1. The van der Waals surface area contributed by atoms with Crippen molar-refractivity contribution in [3.05, 3.63) is 42.0 Å². The average Bonchev–Trinajstić information content (AvgIpc) is 3.15. The molecule has 4 rings (SSSR count). The molecule has 0 aliphatic carbocycles. The van der Waals surface area contributed by atoms with Crippen molar-refractivity contribution in [2.75, 3.05) is 18.5 Å². The Morgan fingerprint density at radius 3 is 2.50 bits per heavy atom. The molecule has 1 saturated heterocycles. The fourth-order valence-electron chi connectivity index (χ4n) is 3.86. The molecule has 148 valence electrons. The van der Waals surface area contributed by atoms with Crippen LogP contribution < -0.4 is 4.90 Å². The third kappa shape index (κ3) is 2.75. The molecule has 0 aromatic heterocycles. The molecule has 1 aromatic carbocycles. The highest BCUT2D eigenvalue weighted by Gasteiger charge is 2.54. The number of carbonyl (C=O) groups is 2. The van der Waals surface area contributed by atoms with Gasteiger partial charge in [0.1, 0.15) is 5.82 Å². The summed E-state index contributed by atoms with van der Waals surface area (Å²) in [5, 5.41) is 0. The number of hydrogen-bond donors (Lipinski definition) is 0. The van der Waals surface area contributed by atoms with E-state index in [1.165, 1.54) is 21.9 Å². The highest BCUT2D eigenvalue weighted by atomic mass is 19.1. The molecule has 1 aromatic rings. The minimum atomic E-state index is -0.578. The lowest BCUT2D eigenvalue weighted by molar-refractivity contribution is -0.136. The molecule has 2 unspecified atom stereocenters. The number of anilines is 1. The second-order valence-electron chi connectivity index (χ2n) is 7.84. The van der Waals surface area contributed by atoms with E-state index < -0.39 is 12.2 Å². The van der Waals surface area contributed by atoms with Crippen LogP contribution in [0.2, 0.25) is 0 Å². The molecule has 3 heterocycles. The number of benzene rings is 1. The van der Waals surface area contributed by atoms with Crippen LogP contribution in [0, 0.1) is 11.7 Å². The van der Waals surface area contributed by atoms with Gasteiger partial charge in [-0.1, -0.05) is 13.8 Å². The quantitative estimate of drug-likeness (QED) is 0.800. The third-order valence-electron chi connectivity index (χ3n) is 5.40. The SMILES string of the molecule is CC1=CN2C(=NC3C2C(=O)N(CCC(C)C)C(=O)N3C)N1c1ccc(F)cc1. The molecule has 0 bridgehead atoms. The summed E-state index contributed by atoms with van der Waals surface area (Å²) in [5.41, 5.74) is 1.64. The van der Waals surface area contributed by atoms with Crippen LogP contribution in [0.3, 0.4) is 0 Å². The molecule has 0 N–H and O–H groups in total. The molecule has 3 amide bonds. The van der Waals surface area contributed by atoms with Gasteiger partial charge < -0.3 is 9.80 Å². The first-order valence-corrected chi connectivity index (χ1v) is 9.48. The summed E-state index contributed by atoms with van der Waals surface area (Å²) in [6, 6.07) is 5.24. The molecule has 3 aliphatic rings. The Kier molecular flexibility index (Phi) is 4.36. The van der Waals surface area contributed by atoms with Gasteiger partial charge in [-0.3, -0.25) is 14.6 Å². The number of hydrogen-bond acceptors (Lipinski definition) is 5. The van der Waals surface area contributed by atoms with E-state index in [1.807, 2.05) is 22.9 Å². The van der Waals surface area contributed by atoms with Gasteiger partial charge in [0, 0.05) is 31.2 Å². The summed E-state index contributed by atoms with van der Waals surface area (Å²) >= 11 is 0. The fourth-order valence-corrected chi connectivity index (χ4v) is 3.86. The first-order valence-electron chi connectivity index (χ1n) is 9.48. The summed E-state index contributed by atoms with van der Waals surface area (Å²) in [5.74, 6) is 0.432. The Morgan fingerprint density at radius 2 is 1.86 bits per heavy atom. The van der Waals surface area contributed by atoms with Crippen LogP contribution in [0.5, 0.6) is 0 Å². The number of likely N-dealkylation sites (N-methyl/N-ethyl adjacent to an activating group) is 1. The van der Waals surface area contributed by atoms with E-state index in [1.54, 1.807) is 19.2 Å². The fraction of sp³-hybridized carbons (Fsp3) is 0.450. The Morgan fingerprint density at radius 1 is 1.18 bits per heavy atom. The Labute approximate surface area is 163 Å². The number of amides is 3. The number of nitrogens with zero attached hydrogens (tertiary/aromatic N) is 5.